The van der Waals surface area contributed by atoms with Crippen LogP contribution in [0.15, 0.2) is 0 Å². The van der Waals surface area contributed by atoms with Crippen molar-refractivity contribution in [2.24, 2.45) is 7.05 Å². The molecule has 0 saturated carbocycles. The van der Waals surface area contributed by atoms with Crippen molar-refractivity contribution in [1.29, 1.82) is 0 Å². The Morgan fingerprint density at radius 3 is 2.50 bits per heavy atom. The first kappa shape index (κ1) is 9.14. The summed E-state index contributed by atoms with van der Waals surface area (Å²) in [6.45, 7) is 3.78. The number of aromatic nitrogens is 4. The number of aryl methyl sites for hydroxylation is 3. The van der Waals surface area contributed by atoms with Crippen molar-refractivity contribution >= 4 is 16.5 Å². The average molecular weight is 209 g/mol. The lowest BCUT2D eigenvalue weighted by Gasteiger charge is -1.98. The molecule has 5 nitrogen and oxygen atoms in total. The Labute approximate surface area is 85.8 Å². The van der Waals surface area contributed by atoms with E-state index in [2.05, 4.69) is 14.5 Å². The molecular formula is C8H11N5S. The van der Waals surface area contributed by atoms with E-state index in [0.717, 1.165) is 22.9 Å². The molecule has 0 aliphatic rings. The predicted octanol–water partition coefficient (Wildman–Crippen LogP) is 1.14. The Kier molecular flexibility index (Phi) is 1.99. The normalized spacial score (nSPS) is 10.8. The van der Waals surface area contributed by atoms with Crippen LogP contribution in [-0.4, -0.2) is 19.1 Å². The van der Waals surface area contributed by atoms with E-state index < -0.39 is 0 Å². The fourth-order valence-corrected chi connectivity index (χ4v) is 2.05. The van der Waals surface area contributed by atoms with E-state index in [4.69, 9.17) is 5.73 Å². The fraction of sp³-hybridized carbons (Fsp3) is 0.375. The lowest BCUT2D eigenvalue weighted by molar-refractivity contribution is 0.763. The van der Waals surface area contributed by atoms with Crippen molar-refractivity contribution in [2.75, 3.05) is 5.73 Å². The van der Waals surface area contributed by atoms with Gasteiger partial charge in [-0.05, 0) is 25.4 Å². The molecule has 2 heterocycles. The van der Waals surface area contributed by atoms with Gasteiger partial charge in [-0.2, -0.15) is 9.47 Å². The van der Waals surface area contributed by atoms with E-state index in [-0.39, 0.29) is 0 Å². The summed E-state index contributed by atoms with van der Waals surface area (Å²) < 4.78 is 5.90. The zero-order valence-electron chi connectivity index (χ0n) is 8.27. The van der Waals surface area contributed by atoms with Gasteiger partial charge in [-0.15, -0.1) is 0 Å². The molecule has 2 N–H and O–H groups in total. The first-order valence-electron chi connectivity index (χ1n) is 4.19. The van der Waals surface area contributed by atoms with Gasteiger partial charge in [-0.1, -0.05) is 0 Å². The molecule has 0 unspecified atom stereocenters. The third-order valence-electron chi connectivity index (χ3n) is 1.98. The minimum atomic E-state index is 0.693. The molecule has 0 aliphatic heterocycles. The largest absolute Gasteiger partial charge is 0.389 e. The maximum atomic E-state index is 5.83. The van der Waals surface area contributed by atoms with Crippen molar-refractivity contribution in [3.05, 3.63) is 11.5 Å². The highest BCUT2D eigenvalue weighted by Gasteiger charge is 2.15. The third kappa shape index (κ3) is 1.27. The van der Waals surface area contributed by atoms with Gasteiger partial charge < -0.3 is 5.73 Å². The Morgan fingerprint density at radius 2 is 2.07 bits per heavy atom. The van der Waals surface area contributed by atoms with Crippen LogP contribution in [0.1, 0.15) is 11.5 Å². The zero-order valence-corrected chi connectivity index (χ0v) is 9.09. The molecule has 0 spiro atoms. The highest BCUT2D eigenvalue weighted by Crippen LogP contribution is 2.30. The lowest BCUT2D eigenvalue weighted by Crippen LogP contribution is -1.97. The molecule has 0 bridgehead atoms. The first-order chi connectivity index (χ1) is 6.59. The van der Waals surface area contributed by atoms with Crippen LogP contribution in [0.2, 0.25) is 0 Å². The van der Waals surface area contributed by atoms with E-state index in [1.807, 2.05) is 20.9 Å². The van der Waals surface area contributed by atoms with Gasteiger partial charge in [0.2, 0.25) is 0 Å². The summed E-state index contributed by atoms with van der Waals surface area (Å²) in [6, 6.07) is 0. The number of hydrogen-bond acceptors (Lipinski definition) is 5. The topological polar surface area (TPSA) is 69.6 Å². The maximum absolute atomic E-state index is 5.83. The summed E-state index contributed by atoms with van der Waals surface area (Å²) in [4.78, 5) is 4.31. The Balaban J connectivity index is 2.65. The van der Waals surface area contributed by atoms with Crippen LogP contribution in [0.4, 0.5) is 5.00 Å². The molecule has 2 rings (SSSR count). The summed E-state index contributed by atoms with van der Waals surface area (Å²) >= 11 is 1.29. The van der Waals surface area contributed by atoms with E-state index >= 15 is 0 Å². The van der Waals surface area contributed by atoms with Gasteiger partial charge in [0.1, 0.15) is 10.8 Å². The average Bonchev–Trinajstić information content (AvgIpc) is 2.57. The van der Waals surface area contributed by atoms with Gasteiger partial charge in [-0.3, -0.25) is 0 Å². The van der Waals surface area contributed by atoms with E-state index in [9.17, 15) is 0 Å². The zero-order chi connectivity index (χ0) is 10.3. The second-order valence-electron chi connectivity index (χ2n) is 3.11. The molecule has 0 saturated heterocycles. The van der Waals surface area contributed by atoms with E-state index in [0.29, 0.717) is 5.00 Å². The van der Waals surface area contributed by atoms with Crippen molar-refractivity contribution < 1.29 is 0 Å². The van der Waals surface area contributed by atoms with Crippen LogP contribution in [0.3, 0.4) is 0 Å². The number of nitrogens with two attached hydrogens (primary N) is 1. The molecule has 0 aliphatic carbocycles. The Bertz CT molecular complexity index is 451. The molecule has 0 atom stereocenters. The van der Waals surface area contributed by atoms with Crippen molar-refractivity contribution in [3.63, 3.8) is 0 Å². The van der Waals surface area contributed by atoms with Gasteiger partial charge in [0, 0.05) is 7.05 Å². The molecule has 2 aromatic heterocycles. The number of hydrogen-bond donors (Lipinski definition) is 1. The van der Waals surface area contributed by atoms with Crippen LogP contribution >= 0.6 is 11.5 Å². The standard InChI is InChI=1S/C8H11N5S/c1-4-6(7(9)14-12-4)8-10-5(2)11-13(8)3/h9H2,1-3H3. The SMILES string of the molecule is Cc1nc(-c2c(C)nsc2N)n(C)n1. The van der Waals surface area contributed by atoms with Gasteiger partial charge in [0.15, 0.2) is 5.82 Å². The van der Waals surface area contributed by atoms with Gasteiger partial charge in [-0.25, -0.2) is 9.67 Å². The molecule has 0 radical (unpaired) electrons. The van der Waals surface area contributed by atoms with Crippen LogP contribution in [0.5, 0.6) is 0 Å². The van der Waals surface area contributed by atoms with E-state index in [1.165, 1.54) is 11.5 Å². The molecule has 6 heteroatoms. The molecular weight excluding hydrogens is 198 g/mol. The second kappa shape index (κ2) is 3.06. The van der Waals surface area contributed by atoms with Crippen LogP contribution in [0, 0.1) is 13.8 Å². The summed E-state index contributed by atoms with van der Waals surface area (Å²) in [5.74, 6) is 1.53. The number of nitrogens with zero attached hydrogens (tertiary/aromatic N) is 4. The minimum Gasteiger partial charge on any atom is -0.389 e. The fourth-order valence-electron chi connectivity index (χ4n) is 1.39. The van der Waals surface area contributed by atoms with Gasteiger partial charge >= 0.3 is 0 Å². The number of nitrogen functional groups attached to an aromatic ring is 1. The summed E-state index contributed by atoms with van der Waals surface area (Å²) in [7, 11) is 1.85. The highest BCUT2D eigenvalue weighted by atomic mass is 32.1. The van der Waals surface area contributed by atoms with Crippen LogP contribution < -0.4 is 5.73 Å². The lowest BCUT2D eigenvalue weighted by atomic mass is 10.2. The third-order valence-corrected chi connectivity index (χ3v) is 2.75. The summed E-state index contributed by atoms with van der Waals surface area (Å²) in [5.41, 5.74) is 7.63. The second-order valence-corrected chi connectivity index (χ2v) is 3.92. The maximum Gasteiger partial charge on any atom is 0.163 e. The Hall–Kier alpha value is -1.43. The highest BCUT2D eigenvalue weighted by molar-refractivity contribution is 7.10. The van der Waals surface area contributed by atoms with E-state index in [1.54, 1.807) is 4.68 Å². The Morgan fingerprint density at radius 1 is 1.36 bits per heavy atom. The first-order valence-corrected chi connectivity index (χ1v) is 4.96. The van der Waals surface area contributed by atoms with Crippen molar-refractivity contribution in [3.8, 4) is 11.4 Å². The van der Waals surface area contributed by atoms with Crippen molar-refractivity contribution in [2.45, 2.75) is 13.8 Å². The van der Waals surface area contributed by atoms with Gasteiger partial charge in [0.25, 0.3) is 0 Å². The summed E-state index contributed by atoms with van der Waals surface area (Å²) in [6.07, 6.45) is 0. The minimum absolute atomic E-state index is 0.693. The molecule has 0 aromatic carbocycles. The molecule has 74 valence electrons. The van der Waals surface area contributed by atoms with Crippen LogP contribution in [-0.2, 0) is 7.05 Å². The number of rotatable bonds is 1. The molecule has 2 aromatic rings. The predicted molar refractivity (Wildman–Crippen MR) is 56.0 cm³/mol. The van der Waals surface area contributed by atoms with Gasteiger partial charge in [0.05, 0.1) is 11.3 Å². The van der Waals surface area contributed by atoms with Crippen LogP contribution in [0.25, 0.3) is 11.4 Å². The van der Waals surface area contributed by atoms with Crippen molar-refractivity contribution in [1.82, 2.24) is 19.1 Å². The summed E-state index contributed by atoms with van der Waals surface area (Å²) in [5, 5.41) is 4.87. The molecule has 14 heavy (non-hydrogen) atoms. The smallest absolute Gasteiger partial charge is 0.163 e. The molecule has 0 amide bonds. The molecule has 0 fully saturated rings. The quantitative estimate of drug-likeness (QED) is 0.764. The monoisotopic (exact) mass is 209 g/mol. The number of anilines is 1.